The van der Waals surface area contributed by atoms with E-state index in [4.69, 9.17) is 0 Å². The molecule has 0 bridgehead atoms. The van der Waals surface area contributed by atoms with Crippen LogP contribution in [0.25, 0.3) is 0 Å². The Morgan fingerprint density at radius 3 is 2.85 bits per heavy atom. The summed E-state index contributed by atoms with van der Waals surface area (Å²) >= 11 is 0. The van der Waals surface area contributed by atoms with E-state index in [9.17, 15) is 0 Å². The van der Waals surface area contributed by atoms with E-state index in [0.29, 0.717) is 6.04 Å². The molecule has 0 radical (unpaired) electrons. The highest BCUT2D eigenvalue weighted by atomic mass is 15.2. The van der Waals surface area contributed by atoms with Gasteiger partial charge in [-0.25, -0.2) is 4.98 Å². The molecule has 1 fully saturated rings. The van der Waals surface area contributed by atoms with Crippen molar-refractivity contribution in [3.8, 4) is 0 Å². The summed E-state index contributed by atoms with van der Waals surface area (Å²) in [7, 11) is 2.11. The van der Waals surface area contributed by atoms with Gasteiger partial charge in [0, 0.05) is 26.2 Å². The van der Waals surface area contributed by atoms with Crippen LogP contribution >= 0.6 is 0 Å². The molecule has 0 saturated carbocycles. The summed E-state index contributed by atoms with van der Waals surface area (Å²) < 4.78 is 0. The molecule has 2 rings (SSSR count). The zero-order valence-electron chi connectivity index (χ0n) is 13.0. The highest BCUT2D eigenvalue weighted by Gasteiger charge is 2.24. The summed E-state index contributed by atoms with van der Waals surface area (Å²) in [6, 6.07) is 0.660. The van der Waals surface area contributed by atoms with Gasteiger partial charge in [-0.05, 0) is 32.5 Å². The SMILES string of the molecule is CCNCc1cnc(N(C)CC2CCCN2CC)cn1. The van der Waals surface area contributed by atoms with Gasteiger partial charge in [-0.15, -0.1) is 0 Å². The van der Waals surface area contributed by atoms with Gasteiger partial charge in [-0.2, -0.15) is 0 Å². The zero-order valence-corrected chi connectivity index (χ0v) is 13.0. The number of nitrogens with one attached hydrogen (secondary N) is 1. The Bertz CT molecular complexity index is 392. The zero-order chi connectivity index (χ0) is 14.4. The van der Waals surface area contributed by atoms with E-state index in [2.05, 4.69) is 46.0 Å². The number of likely N-dealkylation sites (tertiary alicyclic amines) is 1. The molecule has 0 amide bonds. The number of anilines is 1. The second-order valence-electron chi connectivity index (χ2n) is 5.45. The fraction of sp³-hybridized carbons (Fsp3) is 0.733. The molecule has 1 N–H and O–H groups in total. The maximum atomic E-state index is 4.53. The Hall–Kier alpha value is -1.20. The van der Waals surface area contributed by atoms with E-state index in [1.807, 2.05) is 12.4 Å². The fourth-order valence-electron chi connectivity index (χ4n) is 2.82. The second kappa shape index (κ2) is 7.55. The first-order valence-electron chi connectivity index (χ1n) is 7.71. The third-order valence-corrected chi connectivity index (χ3v) is 4.03. The van der Waals surface area contributed by atoms with Gasteiger partial charge >= 0.3 is 0 Å². The van der Waals surface area contributed by atoms with Crippen LogP contribution in [0.15, 0.2) is 12.4 Å². The van der Waals surface area contributed by atoms with Crippen molar-refractivity contribution in [1.82, 2.24) is 20.2 Å². The van der Waals surface area contributed by atoms with Gasteiger partial charge in [0.15, 0.2) is 0 Å². The van der Waals surface area contributed by atoms with Crippen LogP contribution < -0.4 is 10.2 Å². The van der Waals surface area contributed by atoms with Crippen LogP contribution in [-0.2, 0) is 6.54 Å². The van der Waals surface area contributed by atoms with Gasteiger partial charge in [0.25, 0.3) is 0 Å². The summed E-state index contributed by atoms with van der Waals surface area (Å²) in [5, 5.41) is 3.26. The predicted octanol–water partition coefficient (Wildman–Crippen LogP) is 1.51. The Morgan fingerprint density at radius 2 is 2.20 bits per heavy atom. The quantitative estimate of drug-likeness (QED) is 0.818. The number of hydrogen-bond acceptors (Lipinski definition) is 5. The predicted molar refractivity (Wildman–Crippen MR) is 83.0 cm³/mol. The third kappa shape index (κ3) is 3.90. The second-order valence-corrected chi connectivity index (χ2v) is 5.45. The molecule has 5 nitrogen and oxygen atoms in total. The lowest BCUT2D eigenvalue weighted by Crippen LogP contribution is -2.39. The first-order valence-corrected chi connectivity index (χ1v) is 7.71. The average molecular weight is 277 g/mol. The molecule has 1 aromatic heterocycles. The van der Waals surface area contributed by atoms with Crippen molar-refractivity contribution >= 4 is 5.82 Å². The van der Waals surface area contributed by atoms with Crippen LogP contribution in [-0.4, -0.2) is 54.1 Å². The minimum Gasteiger partial charge on any atom is -0.357 e. The fourth-order valence-corrected chi connectivity index (χ4v) is 2.82. The highest BCUT2D eigenvalue weighted by Crippen LogP contribution is 2.19. The summed E-state index contributed by atoms with van der Waals surface area (Å²) in [5.74, 6) is 0.966. The van der Waals surface area contributed by atoms with Gasteiger partial charge in [0.05, 0.1) is 18.1 Å². The molecule has 1 saturated heterocycles. The van der Waals surface area contributed by atoms with Crippen LogP contribution in [0.1, 0.15) is 32.4 Å². The maximum absolute atomic E-state index is 4.53. The van der Waals surface area contributed by atoms with Gasteiger partial charge < -0.3 is 10.2 Å². The van der Waals surface area contributed by atoms with Crippen molar-refractivity contribution in [3.63, 3.8) is 0 Å². The monoisotopic (exact) mass is 277 g/mol. The van der Waals surface area contributed by atoms with Crippen LogP contribution in [0.3, 0.4) is 0 Å². The Balaban J connectivity index is 1.90. The minimum atomic E-state index is 0.660. The standard InChI is InChI=1S/C15H27N5/c1-4-16-9-13-10-18-15(11-17-13)19(3)12-14-7-6-8-20(14)5-2/h10-11,14,16H,4-9,12H2,1-3H3. The van der Waals surface area contributed by atoms with Crippen LogP contribution in [0.5, 0.6) is 0 Å². The van der Waals surface area contributed by atoms with Gasteiger partial charge in [-0.1, -0.05) is 13.8 Å². The van der Waals surface area contributed by atoms with Crippen LogP contribution in [0, 0.1) is 0 Å². The summed E-state index contributed by atoms with van der Waals surface area (Å²) in [6.45, 7) is 9.51. The molecule has 1 aromatic rings. The normalized spacial score (nSPS) is 19.4. The molecule has 0 aromatic carbocycles. The van der Waals surface area contributed by atoms with Crippen molar-refractivity contribution in [1.29, 1.82) is 0 Å². The lowest BCUT2D eigenvalue weighted by atomic mass is 10.2. The Morgan fingerprint density at radius 1 is 1.35 bits per heavy atom. The van der Waals surface area contributed by atoms with E-state index >= 15 is 0 Å². The molecule has 112 valence electrons. The Kier molecular flexibility index (Phi) is 5.73. The van der Waals surface area contributed by atoms with Crippen molar-refractivity contribution in [2.24, 2.45) is 0 Å². The highest BCUT2D eigenvalue weighted by molar-refractivity contribution is 5.34. The van der Waals surface area contributed by atoms with E-state index in [-0.39, 0.29) is 0 Å². The first kappa shape index (κ1) is 15.2. The van der Waals surface area contributed by atoms with E-state index < -0.39 is 0 Å². The van der Waals surface area contributed by atoms with E-state index in [0.717, 1.165) is 37.7 Å². The maximum Gasteiger partial charge on any atom is 0.146 e. The summed E-state index contributed by atoms with van der Waals surface area (Å²) in [6.07, 6.45) is 6.38. The molecule has 1 aliphatic rings. The van der Waals surface area contributed by atoms with E-state index in [1.165, 1.54) is 19.4 Å². The molecule has 20 heavy (non-hydrogen) atoms. The molecule has 2 heterocycles. The number of likely N-dealkylation sites (N-methyl/N-ethyl adjacent to an activating group) is 2. The van der Waals surface area contributed by atoms with Gasteiger partial charge in [-0.3, -0.25) is 9.88 Å². The number of nitrogens with zero attached hydrogens (tertiary/aromatic N) is 4. The molecule has 0 spiro atoms. The minimum absolute atomic E-state index is 0.660. The summed E-state index contributed by atoms with van der Waals surface area (Å²) in [4.78, 5) is 13.8. The van der Waals surface area contributed by atoms with Crippen LogP contribution in [0.4, 0.5) is 5.82 Å². The van der Waals surface area contributed by atoms with Crippen LogP contribution in [0.2, 0.25) is 0 Å². The molecule has 1 atom stereocenters. The topological polar surface area (TPSA) is 44.3 Å². The molecule has 0 aliphatic carbocycles. The lowest BCUT2D eigenvalue weighted by molar-refractivity contribution is 0.270. The van der Waals surface area contributed by atoms with Crippen molar-refractivity contribution in [3.05, 3.63) is 18.1 Å². The molecular formula is C15H27N5. The molecule has 1 aliphatic heterocycles. The smallest absolute Gasteiger partial charge is 0.146 e. The lowest BCUT2D eigenvalue weighted by Gasteiger charge is -2.28. The van der Waals surface area contributed by atoms with E-state index in [1.54, 1.807) is 0 Å². The molecule has 5 heteroatoms. The van der Waals surface area contributed by atoms with Crippen molar-refractivity contribution in [2.75, 3.05) is 38.1 Å². The Labute approximate surface area is 122 Å². The number of rotatable bonds is 7. The third-order valence-electron chi connectivity index (χ3n) is 4.03. The van der Waals surface area contributed by atoms with Crippen molar-refractivity contribution in [2.45, 2.75) is 39.3 Å². The number of hydrogen-bond donors (Lipinski definition) is 1. The average Bonchev–Trinajstić information content (AvgIpc) is 2.92. The molecular weight excluding hydrogens is 250 g/mol. The van der Waals surface area contributed by atoms with Gasteiger partial charge in [0.1, 0.15) is 5.82 Å². The summed E-state index contributed by atoms with van der Waals surface area (Å²) in [5.41, 5.74) is 1.00. The number of aromatic nitrogens is 2. The first-order chi connectivity index (χ1) is 9.74. The van der Waals surface area contributed by atoms with Crippen molar-refractivity contribution < 1.29 is 0 Å². The molecule has 1 unspecified atom stereocenters. The largest absolute Gasteiger partial charge is 0.357 e. The van der Waals surface area contributed by atoms with Gasteiger partial charge in [0.2, 0.25) is 0 Å².